The zero-order chi connectivity index (χ0) is 22.8. The number of sulfonamides is 1. The average Bonchev–Trinajstić information content (AvgIpc) is 3.12. The van der Waals surface area contributed by atoms with E-state index in [4.69, 9.17) is 4.74 Å². The van der Waals surface area contributed by atoms with Crippen LogP contribution in [-0.4, -0.2) is 36.3 Å². The van der Waals surface area contributed by atoms with Gasteiger partial charge in [0.15, 0.2) is 17.7 Å². The van der Waals surface area contributed by atoms with Crippen molar-refractivity contribution >= 4 is 32.8 Å². The Kier molecular flexibility index (Phi) is 6.46. The summed E-state index contributed by atoms with van der Waals surface area (Å²) in [6.45, 7) is -0.899. The largest absolute Gasteiger partial charge is 0.454 e. The molecule has 31 heavy (non-hydrogen) atoms. The Morgan fingerprint density at radius 1 is 1.13 bits per heavy atom. The number of fused-ring (bicyclic) bond motifs is 1. The molecule has 1 unspecified atom stereocenters. The summed E-state index contributed by atoms with van der Waals surface area (Å²) in [5, 5.41) is 0. The maximum Gasteiger partial charge on any atom is 0.321 e. The number of carbonyl (C=O) groups excluding carboxylic acids is 2. The number of rotatable bonds is 8. The summed E-state index contributed by atoms with van der Waals surface area (Å²) < 4.78 is 59.5. The van der Waals surface area contributed by atoms with E-state index in [0.29, 0.717) is 15.6 Å². The van der Waals surface area contributed by atoms with E-state index in [0.717, 1.165) is 0 Å². The monoisotopic (exact) mass is 451 g/mol. The van der Waals surface area contributed by atoms with Crippen LogP contribution in [0, 0.1) is 0 Å². The van der Waals surface area contributed by atoms with E-state index in [-0.39, 0.29) is 22.0 Å². The van der Waals surface area contributed by atoms with Gasteiger partial charge >= 0.3 is 12.5 Å². The number of imidazole rings is 1. The molecule has 0 fully saturated rings. The maximum absolute atomic E-state index is 13.5. The van der Waals surface area contributed by atoms with Crippen molar-refractivity contribution in [2.24, 2.45) is 0 Å². The summed E-state index contributed by atoms with van der Waals surface area (Å²) in [6.07, 6.45) is -1.15. The van der Waals surface area contributed by atoms with Crippen LogP contribution in [0.4, 0.5) is 8.78 Å². The van der Waals surface area contributed by atoms with Crippen LogP contribution in [0.1, 0.15) is 42.7 Å². The van der Waals surface area contributed by atoms with Crippen molar-refractivity contribution in [1.29, 1.82) is 0 Å². The quantitative estimate of drug-likeness (QED) is 0.416. The standard InChI is InChI=1S/C20H19F2N3O5S/c1-12(26)14-7-9-15(10-8-14)31(28,29)23-11-18(27)30-13(2)19-24-16-5-3-4-6-17(16)25(19)20(21)22/h3-10,13,20,23H,11H2,1-2H3. The molecule has 1 N–H and O–H groups in total. The number of ether oxygens (including phenoxy) is 1. The lowest BCUT2D eigenvalue weighted by Crippen LogP contribution is -2.31. The third kappa shape index (κ3) is 4.94. The molecule has 0 aliphatic rings. The van der Waals surface area contributed by atoms with Crippen LogP contribution >= 0.6 is 0 Å². The molecule has 3 aromatic rings. The molecule has 0 bridgehead atoms. The second kappa shape index (κ2) is 8.90. The number of ketones is 1. The predicted molar refractivity (Wildman–Crippen MR) is 107 cm³/mol. The third-order valence-corrected chi connectivity index (χ3v) is 5.88. The van der Waals surface area contributed by atoms with Crippen molar-refractivity contribution in [2.75, 3.05) is 6.54 Å². The number of hydrogen-bond acceptors (Lipinski definition) is 6. The molecule has 8 nitrogen and oxygen atoms in total. The number of Topliss-reactive ketones (excluding diaryl/α,β-unsaturated/α-hetero) is 1. The first-order valence-corrected chi connectivity index (χ1v) is 10.6. The first kappa shape index (κ1) is 22.5. The fourth-order valence-electron chi connectivity index (χ4n) is 2.95. The number of aromatic nitrogens is 2. The van der Waals surface area contributed by atoms with Crippen molar-refractivity contribution in [2.45, 2.75) is 31.4 Å². The number of halogens is 2. The van der Waals surface area contributed by atoms with Crippen molar-refractivity contribution < 1.29 is 31.5 Å². The number of nitrogens with one attached hydrogen (secondary N) is 1. The SMILES string of the molecule is CC(=O)c1ccc(S(=O)(=O)NCC(=O)OC(C)c2nc3ccccc3n2C(F)F)cc1. The summed E-state index contributed by atoms with van der Waals surface area (Å²) in [7, 11) is -4.04. The highest BCUT2D eigenvalue weighted by molar-refractivity contribution is 7.89. The molecule has 0 radical (unpaired) electrons. The van der Waals surface area contributed by atoms with Crippen LogP contribution in [0.2, 0.25) is 0 Å². The van der Waals surface area contributed by atoms with Crippen LogP contribution in [0.3, 0.4) is 0 Å². The van der Waals surface area contributed by atoms with Gasteiger partial charge in [-0.2, -0.15) is 13.5 Å². The van der Waals surface area contributed by atoms with Gasteiger partial charge in [0, 0.05) is 5.56 Å². The molecule has 1 aromatic heterocycles. The molecule has 2 aromatic carbocycles. The van der Waals surface area contributed by atoms with Crippen molar-refractivity contribution in [3.8, 4) is 0 Å². The summed E-state index contributed by atoms with van der Waals surface area (Å²) in [4.78, 5) is 27.4. The van der Waals surface area contributed by atoms with Crippen molar-refractivity contribution in [3.05, 3.63) is 59.9 Å². The number of esters is 1. The van der Waals surface area contributed by atoms with Crippen LogP contribution in [0.25, 0.3) is 11.0 Å². The van der Waals surface area contributed by atoms with Crippen LogP contribution in [0.5, 0.6) is 0 Å². The van der Waals surface area contributed by atoms with Crippen LogP contribution in [0.15, 0.2) is 53.4 Å². The van der Waals surface area contributed by atoms with Gasteiger partial charge in [0.1, 0.15) is 6.54 Å². The van der Waals surface area contributed by atoms with Gasteiger partial charge in [-0.05, 0) is 38.1 Å². The molecule has 0 aliphatic carbocycles. The molecule has 0 saturated carbocycles. The first-order valence-electron chi connectivity index (χ1n) is 9.15. The Morgan fingerprint density at radius 2 is 1.77 bits per heavy atom. The molecular formula is C20H19F2N3O5S. The van der Waals surface area contributed by atoms with Gasteiger partial charge in [-0.15, -0.1) is 0 Å². The third-order valence-electron chi connectivity index (χ3n) is 4.47. The highest BCUT2D eigenvalue weighted by Crippen LogP contribution is 2.28. The first-order chi connectivity index (χ1) is 14.6. The lowest BCUT2D eigenvalue weighted by atomic mass is 10.2. The summed E-state index contributed by atoms with van der Waals surface area (Å²) in [5.41, 5.74) is 0.842. The fraction of sp³-hybridized carbons (Fsp3) is 0.250. The Bertz CT molecular complexity index is 1220. The number of carbonyl (C=O) groups is 2. The van der Waals surface area contributed by atoms with Gasteiger partial charge in [-0.25, -0.2) is 13.4 Å². The van der Waals surface area contributed by atoms with Crippen LogP contribution < -0.4 is 4.72 Å². The highest BCUT2D eigenvalue weighted by Gasteiger charge is 2.25. The zero-order valence-electron chi connectivity index (χ0n) is 16.6. The van der Waals surface area contributed by atoms with E-state index >= 15 is 0 Å². The minimum atomic E-state index is -4.04. The lowest BCUT2D eigenvalue weighted by molar-refractivity contribution is -0.147. The van der Waals surface area contributed by atoms with Gasteiger partial charge in [-0.1, -0.05) is 24.3 Å². The van der Waals surface area contributed by atoms with Crippen molar-refractivity contribution in [1.82, 2.24) is 14.3 Å². The second-order valence-electron chi connectivity index (χ2n) is 6.64. The summed E-state index contributed by atoms with van der Waals surface area (Å²) in [5.74, 6) is -1.35. The predicted octanol–water partition coefficient (Wildman–Crippen LogP) is 3.22. The Balaban J connectivity index is 1.69. The fourth-order valence-corrected chi connectivity index (χ4v) is 3.92. The number of para-hydroxylation sites is 2. The Morgan fingerprint density at radius 3 is 2.39 bits per heavy atom. The van der Waals surface area contributed by atoms with E-state index in [1.54, 1.807) is 18.2 Å². The van der Waals surface area contributed by atoms with Gasteiger partial charge < -0.3 is 4.74 Å². The summed E-state index contributed by atoms with van der Waals surface area (Å²) >= 11 is 0. The number of nitrogens with zero attached hydrogens (tertiary/aromatic N) is 2. The van der Waals surface area contributed by atoms with Gasteiger partial charge in [0.2, 0.25) is 10.0 Å². The van der Waals surface area contributed by atoms with Gasteiger partial charge in [-0.3, -0.25) is 14.2 Å². The molecule has 0 spiro atoms. The normalized spacial score (nSPS) is 12.8. The Labute approximate surface area is 176 Å². The average molecular weight is 451 g/mol. The van der Waals surface area contributed by atoms with E-state index in [1.807, 2.05) is 0 Å². The molecule has 0 amide bonds. The molecule has 3 rings (SSSR count). The number of hydrogen-bond donors (Lipinski definition) is 1. The van der Waals surface area contributed by atoms with Gasteiger partial charge in [0.25, 0.3) is 0 Å². The highest BCUT2D eigenvalue weighted by atomic mass is 32.2. The number of benzene rings is 2. The van der Waals surface area contributed by atoms with Crippen LogP contribution in [-0.2, 0) is 19.6 Å². The molecule has 0 saturated heterocycles. The molecule has 11 heteroatoms. The van der Waals surface area contributed by atoms with E-state index in [9.17, 15) is 26.8 Å². The number of alkyl halides is 2. The lowest BCUT2D eigenvalue weighted by Gasteiger charge is -2.15. The Hall–Kier alpha value is -3.18. The van der Waals surface area contributed by atoms with Crippen molar-refractivity contribution in [3.63, 3.8) is 0 Å². The van der Waals surface area contributed by atoms with E-state index < -0.39 is 35.2 Å². The topological polar surface area (TPSA) is 107 Å². The minimum Gasteiger partial charge on any atom is -0.454 e. The molecular weight excluding hydrogens is 432 g/mol. The smallest absolute Gasteiger partial charge is 0.321 e. The zero-order valence-corrected chi connectivity index (χ0v) is 17.4. The maximum atomic E-state index is 13.5. The molecule has 1 atom stereocenters. The van der Waals surface area contributed by atoms with Gasteiger partial charge in [0.05, 0.1) is 15.9 Å². The van der Waals surface area contributed by atoms with E-state index in [1.165, 1.54) is 44.2 Å². The molecule has 1 heterocycles. The minimum absolute atomic E-state index is 0.141. The van der Waals surface area contributed by atoms with E-state index in [2.05, 4.69) is 9.71 Å². The molecule has 0 aliphatic heterocycles. The second-order valence-corrected chi connectivity index (χ2v) is 8.41. The summed E-state index contributed by atoms with van der Waals surface area (Å²) in [6, 6.07) is 11.4. The molecule has 164 valence electrons.